The molecule has 0 aromatic rings. The zero-order chi connectivity index (χ0) is 12.7. The van der Waals surface area contributed by atoms with Crippen LogP contribution in [0, 0.1) is 0 Å². The van der Waals surface area contributed by atoms with Gasteiger partial charge in [0.1, 0.15) is 0 Å². The molecule has 0 saturated heterocycles. The van der Waals surface area contributed by atoms with Crippen LogP contribution in [0.3, 0.4) is 0 Å². The maximum absolute atomic E-state index is 12.0. The molecule has 0 aromatic carbocycles. The molecule has 1 aliphatic carbocycles. The number of rotatable bonds is 7. The highest BCUT2D eigenvalue weighted by Crippen LogP contribution is 2.20. The summed E-state index contributed by atoms with van der Waals surface area (Å²) in [5.41, 5.74) is 1.19. The predicted molar refractivity (Wildman–Crippen MR) is 70.7 cm³/mol. The zero-order valence-corrected chi connectivity index (χ0v) is 11.3. The number of amides is 1. The number of nitrogens with one attached hydrogen (secondary N) is 1. The highest BCUT2D eigenvalue weighted by Gasteiger charge is 2.17. The van der Waals surface area contributed by atoms with Crippen molar-refractivity contribution in [3.05, 3.63) is 11.8 Å². The minimum atomic E-state index is 0.199. The van der Waals surface area contributed by atoms with E-state index in [4.69, 9.17) is 0 Å². The van der Waals surface area contributed by atoms with Crippen LogP contribution in [0.5, 0.6) is 0 Å². The van der Waals surface area contributed by atoms with E-state index in [1.807, 2.05) is 26.0 Å². The van der Waals surface area contributed by atoms with E-state index in [0.717, 1.165) is 32.4 Å². The smallest absolute Gasteiger partial charge is 0.240 e. The molecule has 0 aliphatic heterocycles. The fourth-order valence-corrected chi connectivity index (χ4v) is 2.06. The Kier molecular flexibility index (Phi) is 6.22. The van der Waals surface area contributed by atoms with Gasteiger partial charge >= 0.3 is 0 Å². The first-order chi connectivity index (χ1) is 8.15. The molecule has 1 amide bonds. The molecule has 1 N–H and O–H groups in total. The van der Waals surface area contributed by atoms with Crippen molar-refractivity contribution in [1.29, 1.82) is 0 Å². The monoisotopic (exact) mass is 239 g/mol. The number of allylic oxidation sites excluding steroid dienone is 2. The van der Waals surface area contributed by atoms with Crippen molar-refractivity contribution in [1.82, 2.24) is 15.1 Å². The van der Waals surface area contributed by atoms with E-state index in [2.05, 4.69) is 16.3 Å². The molecule has 17 heavy (non-hydrogen) atoms. The molecule has 0 heterocycles. The summed E-state index contributed by atoms with van der Waals surface area (Å²) in [6.45, 7) is 2.47. The molecule has 0 atom stereocenters. The molecular weight excluding hydrogens is 214 g/mol. The number of carbonyl (C=O) groups excluding carboxylic acids is 1. The van der Waals surface area contributed by atoms with Gasteiger partial charge in [-0.25, -0.2) is 0 Å². The molecule has 1 rings (SSSR count). The molecule has 0 aromatic heterocycles. The maximum atomic E-state index is 12.0. The normalized spacial score (nSPS) is 15.2. The highest BCUT2D eigenvalue weighted by molar-refractivity contribution is 5.79. The maximum Gasteiger partial charge on any atom is 0.240 e. The lowest BCUT2D eigenvalue weighted by Crippen LogP contribution is -2.36. The van der Waals surface area contributed by atoms with E-state index < -0.39 is 0 Å². The molecular formula is C13H25N3O. The van der Waals surface area contributed by atoms with Gasteiger partial charge in [-0.1, -0.05) is 6.08 Å². The van der Waals surface area contributed by atoms with Crippen LogP contribution >= 0.6 is 0 Å². The average Bonchev–Trinajstić information content (AvgIpc) is 2.81. The Bertz CT molecular complexity index is 276. The Morgan fingerprint density at radius 3 is 2.82 bits per heavy atom. The lowest BCUT2D eigenvalue weighted by Gasteiger charge is -2.22. The lowest BCUT2D eigenvalue weighted by atomic mass is 10.3. The molecule has 0 unspecified atom stereocenters. The Labute approximate surface area is 105 Å². The minimum absolute atomic E-state index is 0.199. The summed E-state index contributed by atoms with van der Waals surface area (Å²) < 4.78 is 0. The van der Waals surface area contributed by atoms with E-state index in [1.165, 1.54) is 12.1 Å². The molecule has 4 nitrogen and oxygen atoms in total. The second-order valence-electron chi connectivity index (χ2n) is 4.74. The van der Waals surface area contributed by atoms with Gasteiger partial charge < -0.3 is 10.2 Å². The molecule has 0 saturated carbocycles. The number of likely N-dealkylation sites (N-methyl/N-ethyl adjacent to an activating group) is 2. The minimum Gasteiger partial charge on any atom is -0.320 e. The molecule has 0 radical (unpaired) electrons. The summed E-state index contributed by atoms with van der Waals surface area (Å²) in [7, 11) is 5.84. The Morgan fingerprint density at radius 2 is 2.24 bits per heavy atom. The average molecular weight is 239 g/mol. The van der Waals surface area contributed by atoms with Crippen LogP contribution in [0.2, 0.25) is 0 Å². The van der Waals surface area contributed by atoms with Crippen LogP contribution < -0.4 is 5.32 Å². The van der Waals surface area contributed by atoms with Gasteiger partial charge in [-0.2, -0.15) is 0 Å². The van der Waals surface area contributed by atoms with Crippen molar-refractivity contribution in [2.75, 3.05) is 40.8 Å². The van der Waals surface area contributed by atoms with Crippen LogP contribution in [0.15, 0.2) is 11.8 Å². The van der Waals surface area contributed by atoms with E-state index in [1.54, 1.807) is 0 Å². The van der Waals surface area contributed by atoms with Gasteiger partial charge in [0.2, 0.25) is 5.91 Å². The number of nitrogens with zero attached hydrogens (tertiary/aromatic N) is 2. The SMILES string of the molecule is CNCCCN(C)CC(=O)N(C)C1=CCCC1. The lowest BCUT2D eigenvalue weighted by molar-refractivity contribution is -0.129. The molecule has 98 valence electrons. The second kappa shape index (κ2) is 7.45. The topological polar surface area (TPSA) is 35.6 Å². The first kappa shape index (κ1) is 14.2. The van der Waals surface area contributed by atoms with Gasteiger partial charge in [-0.05, 0) is 52.9 Å². The Hall–Kier alpha value is -0.870. The van der Waals surface area contributed by atoms with Crippen molar-refractivity contribution >= 4 is 5.91 Å². The zero-order valence-electron chi connectivity index (χ0n) is 11.3. The summed E-state index contributed by atoms with van der Waals surface area (Å²) >= 11 is 0. The van der Waals surface area contributed by atoms with E-state index >= 15 is 0 Å². The number of hydrogen-bond donors (Lipinski definition) is 1. The Morgan fingerprint density at radius 1 is 1.47 bits per heavy atom. The van der Waals surface area contributed by atoms with Crippen molar-refractivity contribution in [2.24, 2.45) is 0 Å². The van der Waals surface area contributed by atoms with Crippen LogP contribution in [0.4, 0.5) is 0 Å². The van der Waals surface area contributed by atoms with Crippen LogP contribution in [0.25, 0.3) is 0 Å². The second-order valence-corrected chi connectivity index (χ2v) is 4.74. The van der Waals surface area contributed by atoms with Crippen molar-refractivity contribution in [2.45, 2.75) is 25.7 Å². The third kappa shape index (κ3) is 4.88. The van der Waals surface area contributed by atoms with Crippen molar-refractivity contribution in [3.8, 4) is 0 Å². The largest absolute Gasteiger partial charge is 0.320 e. The summed E-state index contributed by atoms with van der Waals surface area (Å²) in [4.78, 5) is 15.9. The Balaban J connectivity index is 2.27. The third-order valence-electron chi connectivity index (χ3n) is 3.19. The van der Waals surface area contributed by atoms with Crippen molar-refractivity contribution in [3.63, 3.8) is 0 Å². The molecule has 0 bridgehead atoms. The fraction of sp³-hybridized carbons (Fsp3) is 0.769. The highest BCUT2D eigenvalue weighted by atomic mass is 16.2. The summed E-state index contributed by atoms with van der Waals surface area (Å²) in [5, 5.41) is 3.11. The van der Waals surface area contributed by atoms with Crippen molar-refractivity contribution < 1.29 is 4.79 Å². The quantitative estimate of drug-likeness (QED) is 0.675. The number of hydrogen-bond acceptors (Lipinski definition) is 3. The standard InChI is InChI=1S/C13H25N3O/c1-14-9-6-10-15(2)11-13(17)16(3)12-7-4-5-8-12/h7,14H,4-6,8-11H2,1-3H3. The van der Waals surface area contributed by atoms with Gasteiger partial charge in [0.05, 0.1) is 6.54 Å². The predicted octanol–water partition coefficient (Wildman–Crippen LogP) is 1.05. The van der Waals surface area contributed by atoms with Gasteiger partial charge in [-0.15, -0.1) is 0 Å². The molecule has 0 spiro atoms. The van der Waals surface area contributed by atoms with E-state index in [9.17, 15) is 4.79 Å². The molecule has 1 aliphatic rings. The number of carbonyl (C=O) groups is 1. The first-order valence-corrected chi connectivity index (χ1v) is 6.44. The van der Waals surface area contributed by atoms with Crippen LogP contribution in [-0.4, -0.2) is 56.5 Å². The van der Waals surface area contributed by atoms with Gasteiger partial charge in [0.25, 0.3) is 0 Å². The van der Waals surface area contributed by atoms with Crippen LogP contribution in [0.1, 0.15) is 25.7 Å². The van der Waals surface area contributed by atoms with Gasteiger partial charge in [-0.3, -0.25) is 9.69 Å². The molecule has 4 heteroatoms. The molecule has 0 fully saturated rings. The van der Waals surface area contributed by atoms with Crippen LogP contribution in [-0.2, 0) is 4.79 Å². The van der Waals surface area contributed by atoms with Gasteiger partial charge in [0.15, 0.2) is 0 Å². The summed E-state index contributed by atoms with van der Waals surface area (Å²) in [5.74, 6) is 0.199. The first-order valence-electron chi connectivity index (χ1n) is 6.44. The van der Waals surface area contributed by atoms with E-state index in [0.29, 0.717) is 6.54 Å². The fourth-order valence-electron chi connectivity index (χ4n) is 2.06. The summed E-state index contributed by atoms with van der Waals surface area (Å²) in [6.07, 6.45) is 6.60. The third-order valence-corrected chi connectivity index (χ3v) is 3.19. The van der Waals surface area contributed by atoms with E-state index in [-0.39, 0.29) is 5.91 Å². The van der Waals surface area contributed by atoms with Gasteiger partial charge in [0, 0.05) is 12.7 Å². The summed E-state index contributed by atoms with van der Waals surface area (Å²) in [6, 6.07) is 0.